The minimum Gasteiger partial charge on any atom is -0.465 e. The van der Waals surface area contributed by atoms with Crippen LogP contribution in [0.5, 0.6) is 11.5 Å². The SMILES string of the molecule is COC(=O)c1cnc2c3c(C#N)cc(C(=O)Oc4c(Cl)cc(Cl)cc4Cl)c4c(C(=O)OC)cnc(c5c(C#N)cc(C(=O)Oc6c(Cl)cc(Cl)cc6Cl)c1c25)c43. The molecule has 0 saturated heterocycles. The Labute approximate surface area is 343 Å². The second-order valence-electron chi connectivity index (χ2n) is 11.6. The van der Waals surface area contributed by atoms with Crippen molar-refractivity contribution in [3.8, 4) is 23.6 Å². The van der Waals surface area contributed by atoms with Crippen molar-refractivity contribution in [2.24, 2.45) is 0 Å². The first kappa shape index (κ1) is 38.6. The number of benzene rings is 5. The third-order valence-electron chi connectivity index (χ3n) is 8.59. The molecule has 0 amide bonds. The number of esters is 4. The molecule has 12 nitrogen and oxygen atoms in total. The lowest BCUT2D eigenvalue weighted by Gasteiger charge is -2.20. The molecule has 56 heavy (non-hydrogen) atoms. The quantitative estimate of drug-likeness (QED) is 0.0669. The summed E-state index contributed by atoms with van der Waals surface area (Å²) >= 11 is 37.3. The van der Waals surface area contributed by atoms with Gasteiger partial charge in [-0.3, -0.25) is 9.97 Å². The van der Waals surface area contributed by atoms with Crippen molar-refractivity contribution in [1.29, 1.82) is 10.5 Å². The lowest BCUT2D eigenvalue weighted by molar-refractivity contribution is 0.0593. The largest absolute Gasteiger partial charge is 0.465 e. The van der Waals surface area contributed by atoms with E-state index in [0.717, 1.165) is 38.7 Å². The summed E-state index contributed by atoms with van der Waals surface area (Å²) in [6.07, 6.45) is 2.20. The zero-order chi connectivity index (χ0) is 40.3. The molecule has 18 heteroatoms. The average molecular weight is 867 g/mol. The summed E-state index contributed by atoms with van der Waals surface area (Å²) in [5.41, 5.74) is -1.60. The normalized spacial score (nSPS) is 11.1. The Bertz CT molecular complexity index is 2780. The topological polar surface area (TPSA) is 179 Å². The molecule has 5 aromatic carbocycles. The lowest BCUT2D eigenvalue weighted by atomic mass is 9.85. The van der Waals surface area contributed by atoms with E-state index in [4.69, 9.17) is 88.6 Å². The van der Waals surface area contributed by atoms with Crippen LogP contribution in [0.25, 0.3) is 43.4 Å². The minimum absolute atomic E-state index is 0.00544. The zero-order valence-electron chi connectivity index (χ0n) is 27.9. The highest BCUT2D eigenvalue weighted by atomic mass is 35.5. The van der Waals surface area contributed by atoms with Crippen LogP contribution >= 0.6 is 69.6 Å². The van der Waals surface area contributed by atoms with E-state index in [0.29, 0.717) is 0 Å². The molecular formula is C38H14Cl6N4O8. The van der Waals surface area contributed by atoms with Gasteiger partial charge in [-0.25, -0.2) is 19.2 Å². The van der Waals surface area contributed by atoms with Crippen LogP contribution in [0.1, 0.15) is 52.6 Å². The van der Waals surface area contributed by atoms with E-state index in [2.05, 4.69) is 9.97 Å². The highest BCUT2D eigenvalue weighted by Crippen LogP contribution is 2.46. The number of pyridine rings is 2. The lowest BCUT2D eigenvalue weighted by Crippen LogP contribution is -2.15. The molecule has 0 unspecified atom stereocenters. The molecule has 7 aromatic rings. The van der Waals surface area contributed by atoms with Crippen molar-refractivity contribution in [3.05, 3.63) is 112 Å². The molecule has 276 valence electrons. The molecule has 0 fully saturated rings. The van der Waals surface area contributed by atoms with Gasteiger partial charge in [-0.1, -0.05) is 69.6 Å². The van der Waals surface area contributed by atoms with E-state index in [1.54, 1.807) is 0 Å². The second-order valence-corrected chi connectivity index (χ2v) is 14.1. The van der Waals surface area contributed by atoms with Crippen LogP contribution in [0.2, 0.25) is 30.1 Å². The number of carbonyl (C=O) groups excluding carboxylic acids is 4. The Hall–Kier alpha value is -5.70. The monoisotopic (exact) mass is 864 g/mol. The molecule has 0 aliphatic carbocycles. The maximum atomic E-state index is 14.1. The Morgan fingerprint density at radius 2 is 0.839 bits per heavy atom. The first-order valence-corrected chi connectivity index (χ1v) is 17.7. The molecule has 0 saturated carbocycles. The van der Waals surface area contributed by atoms with Gasteiger partial charge in [0.05, 0.1) is 90.9 Å². The van der Waals surface area contributed by atoms with Crippen LogP contribution in [0.3, 0.4) is 0 Å². The third kappa shape index (κ3) is 6.17. The predicted molar refractivity (Wildman–Crippen MR) is 208 cm³/mol. The van der Waals surface area contributed by atoms with Crippen molar-refractivity contribution in [1.82, 2.24) is 9.97 Å². The van der Waals surface area contributed by atoms with Gasteiger partial charge in [0.15, 0.2) is 11.5 Å². The van der Waals surface area contributed by atoms with Gasteiger partial charge in [-0.2, -0.15) is 10.5 Å². The highest BCUT2D eigenvalue weighted by Gasteiger charge is 2.32. The number of nitriles is 2. The van der Waals surface area contributed by atoms with Gasteiger partial charge in [0.25, 0.3) is 0 Å². The number of hydrogen-bond donors (Lipinski definition) is 0. The van der Waals surface area contributed by atoms with Crippen LogP contribution in [-0.2, 0) is 9.47 Å². The van der Waals surface area contributed by atoms with E-state index in [1.807, 2.05) is 12.1 Å². The fraction of sp³-hybridized carbons (Fsp3) is 0.0526. The zero-order valence-corrected chi connectivity index (χ0v) is 32.5. The summed E-state index contributed by atoms with van der Waals surface area (Å²) in [4.78, 5) is 63.8. The first-order valence-electron chi connectivity index (χ1n) is 15.4. The van der Waals surface area contributed by atoms with Crippen LogP contribution < -0.4 is 9.47 Å². The Balaban J connectivity index is 1.64. The van der Waals surface area contributed by atoms with Gasteiger partial charge < -0.3 is 18.9 Å². The van der Waals surface area contributed by atoms with Crippen molar-refractivity contribution >= 4 is 137 Å². The molecule has 0 bridgehead atoms. The van der Waals surface area contributed by atoms with Crippen LogP contribution in [-0.4, -0.2) is 48.1 Å². The van der Waals surface area contributed by atoms with Crippen LogP contribution in [0, 0.1) is 22.7 Å². The summed E-state index contributed by atoms with van der Waals surface area (Å²) < 4.78 is 21.3. The van der Waals surface area contributed by atoms with E-state index >= 15 is 0 Å². The third-order valence-corrected chi connectivity index (χ3v) is 10.2. The number of ether oxygens (including phenoxy) is 4. The van der Waals surface area contributed by atoms with Crippen LogP contribution in [0.4, 0.5) is 0 Å². The van der Waals surface area contributed by atoms with Crippen molar-refractivity contribution < 1.29 is 38.1 Å². The molecule has 0 spiro atoms. The second kappa shape index (κ2) is 14.8. The molecule has 0 aliphatic rings. The number of aromatic nitrogens is 2. The number of rotatable bonds is 6. The fourth-order valence-corrected chi connectivity index (χ4v) is 8.15. The maximum absolute atomic E-state index is 14.1. The molecule has 0 aliphatic heterocycles. The average Bonchev–Trinajstić information content (AvgIpc) is 3.17. The Morgan fingerprint density at radius 1 is 0.500 bits per heavy atom. The molecule has 2 heterocycles. The van der Waals surface area contributed by atoms with Gasteiger partial charge >= 0.3 is 23.9 Å². The highest BCUT2D eigenvalue weighted by molar-refractivity contribution is 6.42. The number of carbonyl (C=O) groups is 4. The number of halogens is 6. The summed E-state index contributed by atoms with van der Waals surface area (Å²) in [5.74, 6) is -4.61. The van der Waals surface area contributed by atoms with Gasteiger partial charge in [0, 0.05) is 54.8 Å². The van der Waals surface area contributed by atoms with Crippen molar-refractivity contribution in [2.45, 2.75) is 0 Å². The minimum atomic E-state index is -1.11. The number of nitrogens with zero attached hydrogens (tertiary/aromatic N) is 4. The number of methoxy groups -OCH3 is 2. The number of fused-ring (bicyclic) bond motifs is 2. The van der Waals surface area contributed by atoms with E-state index in [9.17, 15) is 29.7 Å². The van der Waals surface area contributed by atoms with Gasteiger partial charge in [0.2, 0.25) is 0 Å². The molecule has 7 rings (SSSR count). The Morgan fingerprint density at radius 3 is 1.14 bits per heavy atom. The summed E-state index contributed by atoms with van der Waals surface area (Å²) in [6, 6.07) is 11.5. The van der Waals surface area contributed by atoms with Gasteiger partial charge in [0.1, 0.15) is 0 Å². The summed E-state index contributed by atoms with van der Waals surface area (Å²) in [5, 5.41) is 20.9. The van der Waals surface area contributed by atoms with Gasteiger partial charge in [-0.15, -0.1) is 0 Å². The fourth-order valence-electron chi connectivity index (χ4n) is 6.36. The molecular weight excluding hydrogens is 853 g/mol. The number of hydrogen-bond acceptors (Lipinski definition) is 12. The Kier molecular flexibility index (Phi) is 10.2. The van der Waals surface area contributed by atoms with E-state index in [-0.39, 0.29) is 118 Å². The molecule has 2 aromatic heterocycles. The maximum Gasteiger partial charge on any atom is 0.344 e. The van der Waals surface area contributed by atoms with Gasteiger partial charge in [-0.05, 0) is 36.4 Å². The molecule has 0 radical (unpaired) electrons. The smallest absolute Gasteiger partial charge is 0.344 e. The first-order chi connectivity index (χ1) is 26.7. The summed E-state index contributed by atoms with van der Waals surface area (Å²) in [6.45, 7) is 0. The standard InChI is InChI=1S/C38H14Cl6N4O8/c1-53-35(49)19-11-47-31-26-14(10-46)4-18(38(52)56-34-23(43)7-16(40)8-24(34)44)28-20(36(50)54-2)12-48-32(30(26)28)25-13(9-45)3-17(27(19)29(25)31)37(51)55-33-21(41)5-15(39)6-22(33)42/h3-8,11-12H,1-2H3. The molecule has 0 atom stereocenters. The van der Waals surface area contributed by atoms with Crippen molar-refractivity contribution in [3.63, 3.8) is 0 Å². The molecule has 0 N–H and O–H groups in total. The predicted octanol–water partition coefficient (Wildman–Crippen LogP) is 10.2. The summed E-state index contributed by atoms with van der Waals surface area (Å²) in [7, 11) is 2.21. The van der Waals surface area contributed by atoms with E-state index < -0.39 is 23.9 Å². The van der Waals surface area contributed by atoms with E-state index in [1.165, 1.54) is 24.3 Å². The van der Waals surface area contributed by atoms with Crippen molar-refractivity contribution in [2.75, 3.05) is 14.2 Å². The van der Waals surface area contributed by atoms with Crippen LogP contribution in [0.15, 0.2) is 48.8 Å².